The van der Waals surface area contributed by atoms with E-state index in [1.165, 1.54) is 11.1 Å². The number of amides is 1. The molecule has 5 heteroatoms. The van der Waals surface area contributed by atoms with Crippen LogP contribution >= 0.6 is 15.9 Å². The fraction of sp³-hybridized carbons (Fsp3) is 0.263. The monoisotopic (exact) mass is 388 g/mol. The van der Waals surface area contributed by atoms with Gasteiger partial charge in [-0.3, -0.25) is 4.79 Å². The maximum absolute atomic E-state index is 11.8. The van der Waals surface area contributed by atoms with Crippen LogP contribution in [0.5, 0.6) is 5.75 Å². The molecule has 24 heavy (non-hydrogen) atoms. The Morgan fingerprint density at radius 1 is 1.25 bits per heavy atom. The zero-order valence-corrected chi connectivity index (χ0v) is 15.7. The molecular weight excluding hydrogens is 368 g/mol. The average Bonchev–Trinajstić information content (AvgIpc) is 2.55. The van der Waals surface area contributed by atoms with E-state index < -0.39 is 0 Å². The first-order chi connectivity index (χ1) is 11.5. The highest BCUT2D eigenvalue weighted by Gasteiger charge is 2.05. The van der Waals surface area contributed by atoms with Gasteiger partial charge in [-0.25, -0.2) is 5.43 Å². The largest absolute Gasteiger partial charge is 0.483 e. The molecule has 0 atom stereocenters. The normalized spacial score (nSPS) is 10.8. The highest BCUT2D eigenvalue weighted by Crippen LogP contribution is 2.26. The lowest BCUT2D eigenvalue weighted by Gasteiger charge is -2.08. The van der Waals surface area contributed by atoms with Gasteiger partial charge in [0.2, 0.25) is 0 Å². The van der Waals surface area contributed by atoms with Crippen molar-refractivity contribution < 1.29 is 9.53 Å². The van der Waals surface area contributed by atoms with E-state index in [2.05, 4.69) is 39.4 Å². The Morgan fingerprint density at radius 3 is 2.71 bits per heavy atom. The molecule has 0 radical (unpaired) electrons. The van der Waals surface area contributed by atoms with Crippen LogP contribution < -0.4 is 10.2 Å². The highest BCUT2D eigenvalue weighted by atomic mass is 79.9. The molecule has 4 nitrogen and oxygen atoms in total. The van der Waals surface area contributed by atoms with Crippen LogP contribution in [0.25, 0.3) is 0 Å². The van der Waals surface area contributed by atoms with Gasteiger partial charge >= 0.3 is 0 Å². The number of aryl methyl sites for hydroxylation is 3. The first-order valence-electron chi connectivity index (χ1n) is 7.80. The summed E-state index contributed by atoms with van der Waals surface area (Å²) in [6.07, 6.45) is 2.59. The Kier molecular flexibility index (Phi) is 6.55. The predicted octanol–water partition coefficient (Wildman–Crippen LogP) is 4.16. The van der Waals surface area contributed by atoms with Crippen molar-refractivity contribution in [1.82, 2.24) is 5.43 Å². The van der Waals surface area contributed by atoms with E-state index in [1.54, 1.807) is 6.21 Å². The molecular formula is C19H21BrN2O2. The predicted molar refractivity (Wildman–Crippen MR) is 101 cm³/mol. The van der Waals surface area contributed by atoms with Gasteiger partial charge in [-0.05, 0) is 65.0 Å². The van der Waals surface area contributed by atoms with Gasteiger partial charge in [-0.2, -0.15) is 5.10 Å². The molecule has 126 valence electrons. The summed E-state index contributed by atoms with van der Waals surface area (Å²) in [6.45, 7) is 6.05. The zero-order valence-electron chi connectivity index (χ0n) is 14.1. The molecule has 0 aliphatic heterocycles. The van der Waals surface area contributed by atoms with Crippen molar-refractivity contribution in [3.8, 4) is 5.75 Å². The van der Waals surface area contributed by atoms with Gasteiger partial charge in [0.1, 0.15) is 5.75 Å². The van der Waals surface area contributed by atoms with Crippen LogP contribution in [0.3, 0.4) is 0 Å². The molecule has 0 aliphatic carbocycles. The molecule has 0 unspecified atom stereocenters. The van der Waals surface area contributed by atoms with Gasteiger partial charge in [0.05, 0.1) is 10.7 Å². The molecule has 0 aromatic heterocycles. The second-order valence-corrected chi connectivity index (χ2v) is 6.41. The Morgan fingerprint density at radius 2 is 2.04 bits per heavy atom. The fourth-order valence-corrected chi connectivity index (χ4v) is 2.74. The van der Waals surface area contributed by atoms with E-state index in [4.69, 9.17) is 4.74 Å². The molecule has 2 aromatic carbocycles. The summed E-state index contributed by atoms with van der Waals surface area (Å²) in [5.74, 6) is 0.336. The van der Waals surface area contributed by atoms with Crippen LogP contribution in [0.2, 0.25) is 0 Å². The number of hydrogen-bond acceptors (Lipinski definition) is 3. The van der Waals surface area contributed by atoms with Crippen molar-refractivity contribution in [1.29, 1.82) is 0 Å². The van der Waals surface area contributed by atoms with E-state index >= 15 is 0 Å². The summed E-state index contributed by atoms with van der Waals surface area (Å²) in [6, 6.07) is 11.9. The Hall–Kier alpha value is -2.14. The number of nitrogens with one attached hydrogen (secondary N) is 1. The molecule has 2 rings (SSSR count). The minimum atomic E-state index is -0.303. The number of ether oxygens (including phenoxy) is 1. The minimum Gasteiger partial charge on any atom is -0.483 e. The van der Waals surface area contributed by atoms with Crippen LogP contribution in [-0.4, -0.2) is 18.7 Å². The van der Waals surface area contributed by atoms with E-state index in [1.807, 2.05) is 44.2 Å². The number of carbonyl (C=O) groups is 1. The lowest BCUT2D eigenvalue weighted by atomic mass is 10.1. The van der Waals surface area contributed by atoms with Gasteiger partial charge in [-0.15, -0.1) is 0 Å². The second-order valence-electron chi connectivity index (χ2n) is 5.56. The molecule has 2 aromatic rings. The summed E-state index contributed by atoms with van der Waals surface area (Å²) in [4.78, 5) is 11.8. The molecule has 0 aliphatic rings. The molecule has 0 heterocycles. The molecule has 0 saturated heterocycles. The third-order valence-electron chi connectivity index (χ3n) is 3.58. The maximum Gasteiger partial charge on any atom is 0.277 e. The first kappa shape index (κ1) is 18.2. The number of benzene rings is 2. The molecule has 1 N–H and O–H groups in total. The number of carbonyl (C=O) groups excluding carboxylic acids is 1. The minimum absolute atomic E-state index is 0.0890. The van der Waals surface area contributed by atoms with Crippen molar-refractivity contribution in [2.75, 3.05) is 6.61 Å². The number of rotatable bonds is 6. The Labute approximate surface area is 151 Å². The first-order valence-corrected chi connectivity index (χ1v) is 8.59. The third kappa shape index (κ3) is 5.20. The van der Waals surface area contributed by atoms with E-state index in [0.29, 0.717) is 5.75 Å². The van der Waals surface area contributed by atoms with E-state index in [-0.39, 0.29) is 12.5 Å². The van der Waals surface area contributed by atoms with Gasteiger partial charge in [0.25, 0.3) is 5.91 Å². The number of nitrogens with zero attached hydrogens (tertiary/aromatic N) is 1. The molecule has 0 fully saturated rings. The lowest BCUT2D eigenvalue weighted by molar-refractivity contribution is -0.123. The van der Waals surface area contributed by atoms with E-state index in [0.717, 1.165) is 22.0 Å². The lowest BCUT2D eigenvalue weighted by Crippen LogP contribution is -2.24. The highest BCUT2D eigenvalue weighted by molar-refractivity contribution is 9.10. The number of halogens is 1. The van der Waals surface area contributed by atoms with Crippen molar-refractivity contribution in [3.63, 3.8) is 0 Å². The summed E-state index contributed by atoms with van der Waals surface area (Å²) in [7, 11) is 0. The van der Waals surface area contributed by atoms with Crippen molar-refractivity contribution in [2.24, 2.45) is 5.10 Å². The smallest absolute Gasteiger partial charge is 0.277 e. The van der Waals surface area contributed by atoms with E-state index in [9.17, 15) is 4.79 Å². The molecule has 0 bridgehead atoms. The summed E-state index contributed by atoms with van der Waals surface area (Å²) in [5.41, 5.74) is 6.96. The van der Waals surface area contributed by atoms with Crippen molar-refractivity contribution >= 4 is 28.1 Å². The van der Waals surface area contributed by atoms with Gasteiger partial charge in [0.15, 0.2) is 6.61 Å². The Balaban J connectivity index is 1.86. The molecule has 0 spiro atoms. The second kappa shape index (κ2) is 8.64. The quantitative estimate of drug-likeness (QED) is 0.596. The maximum atomic E-state index is 11.8. The number of hydrazone groups is 1. The molecule has 1 amide bonds. The third-order valence-corrected chi connectivity index (χ3v) is 4.20. The standard InChI is InChI=1S/C19H21BrN2O2/c1-4-15-6-8-18(17(20)10-15)24-12-19(23)22-21-11-16-7-5-13(2)9-14(16)3/h5-11H,4,12H2,1-3H3,(H,22,23). The van der Waals surface area contributed by atoms with Crippen LogP contribution in [0.1, 0.15) is 29.2 Å². The Bertz CT molecular complexity index is 757. The van der Waals surface area contributed by atoms with Crippen molar-refractivity contribution in [2.45, 2.75) is 27.2 Å². The van der Waals surface area contributed by atoms with Crippen LogP contribution in [-0.2, 0) is 11.2 Å². The summed E-state index contributed by atoms with van der Waals surface area (Å²) in [5, 5.41) is 3.98. The van der Waals surface area contributed by atoms with Crippen LogP contribution in [0.15, 0.2) is 46.0 Å². The van der Waals surface area contributed by atoms with Gasteiger partial charge in [0, 0.05) is 0 Å². The van der Waals surface area contributed by atoms with Gasteiger partial charge < -0.3 is 4.74 Å². The summed E-state index contributed by atoms with van der Waals surface area (Å²) < 4.78 is 6.35. The zero-order chi connectivity index (χ0) is 17.5. The SMILES string of the molecule is CCc1ccc(OCC(=O)NN=Cc2ccc(C)cc2C)c(Br)c1. The number of hydrogen-bond donors (Lipinski definition) is 1. The fourth-order valence-electron chi connectivity index (χ4n) is 2.20. The van der Waals surface area contributed by atoms with Gasteiger partial charge in [-0.1, -0.05) is 36.8 Å². The molecule has 0 saturated carbocycles. The topological polar surface area (TPSA) is 50.7 Å². The average molecular weight is 389 g/mol. The van der Waals surface area contributed by atoms with Crippen LogP contribution in [0, 0.1) is 13.8 Å². The summed E-state index contributed by atoms with van der Waals surface area (Å²) >= 11 is 3.45. The van der Waals surface area contributed by atoms with Crippen LogP contribution in [0.4, 0.5) is 0 Å². The van der Waals surface area contributed by atoms with Crippen molar-refractivity contribution in [3.05, 3.63) is 63.1 Å².